The highest BCUT2D eigenvalue weighted by atomic mass is 16.7. The second kappa shape index (κ2) is 11.6. The number of aromatic nitrogens is 4. The van der Waals surface area contributed by atoms with Crippen LogP contribution in [-0.2, 0) is 49.1 Å². The molecule has 2 aromatic heterocycles. The number of nitrogens with zero attached hydrogens (tertiary/aromatic N) is 4. The zero-order valence-electron chi connectivity index (χ0n) is 26.2. The Balaban J connectivity index is 1.20. The van der Waals surface area contributed by atoms with Gasteiger partial charge in [0.15, 0.2) is 0 Å². The Morgan fingerprint density at radius 3 is 1.35 bits per heavy atom. The molecule has 0 amide bonds. The molecular weight excluding hydrogens is 531 g/mol. The predicted octanol–water partition coefficient (Wildman–Crippen LogP) is 6.36. The largest absolute Gasteiger partial charge is 0.494 e. The van der Waals surface area contributed by atoms with Gasteiger partial charge in [-0.1, -0.05) is 66.7 Å². The Labute approximate surface area is 255 Å². The first-order chi connectivity index (χ1) is 20.6. The van der Waals surface area contributed by atoms with Crippen LogP contribution in [0.2, 0.25) is 0 Å². The Kier molecular flexibility index (Phi) is 7.88. The number of rotatable bonds is 9. The van der Waals surface area contributed by atoms with Crippen LogP contribution in [0, 0.1) is 0 Å². The molecule has 1 aliphatic heterocycles. The first-order valence-corrected chi connectivity index (χ1v) is 15.2. The summed E-state index contributed by atoms with van der Waals surface area (Å²) in [7, 11) is 3.67. The van der Waals surface area contributed by atoms with Crippen molar-refractivity contribution in [3.63, 3.8) is 0 Å². The van der Waals surface area contributed by atoms with Crippen molar-refractivity contribution in [2.75, 3.05) is 0 Å². The molecule has 220 valence electrons. The first-order valence-electron chi connectivity index (χ1n) is 15.2. The summed E-state index contributed by atoms with van der Waals surface area (Å²) in [6.07, 6.45) is 11.4. The second-order valence-electron chi connectivity index (χ2n) is 12.8. The molecule has 43 heavy (non-hydrogen) atoms. The van der Waals surface area contributed by atoms with Gasteiger partial charge in [-0.25, -0.2) is 9.97 Å². The van der Waals surface area contributed by atoms with Gasteiger partial charge in [0.2, 0.25) is 0 Å². The quantitative estimate of drug-likeness (QED) is 0.193. The van der Waals surface area contributed by atoms with E-state index in [0.29, 0.717) is 0 Å². The van der Waals surface area contributed by atoms with Crippen molar-refractivity contribution >= 4 is 12.6 Å². The highest BCUT2D eigenvalue weighted by Gasteiger charge is 2.51. The minimum absolute atomic E-state index is 0.377. The second-order valence-corrected chi connectivity index (χ2v) is 12.8. The molecule has 6 rings (SSSR count). The minimum atomic E-state index is -0.377. The SMILES string of the molecule is Cn1ccnc1-c1ccc(CCc2cc(CCc3ccc(-c4nccn4C)cc3)cc(B3OC(C)(C)C(C)(C)O3)c2)cc1. The molecular formula is C36H41BN4O2. The fraction of sp³-hybridized carbons (Fsp3) is 0.333. The molecule has 0 bridgehead atoms. The number of aryl methyl sites for hydroxylation is 6. The molecule has 0 atom stereocenters. The lowest BCUT2D eigenvalue weighted by Crippen LogP contribution is -2.41. The van der Waals surface area contributed by atoms with Gasteiger partial charge in [0, 0.05) is 50.0 Å². The maximum atomic E-state index is 6.46. The molecule has 0 unspecified atom stereocenters. The maximum absolute atomic E-state index is 6.46. The topological polar surface area (TPSA) is 54.1 Å². The summed E-state index contributed by atoms with van der Waals surface area (Å²) in [6, 6.07) is 24.5. The van der Waals surface area contributed by atoms with Crippen molar-refractivity contribution in [3.05, 3.63) is 114 Å². The summed E-state index contributed by atoms with van der Waals surface area (Å²) in [5.74, 6) is 1.97. The zero-order valence-corrected chi connectivity index (χ0v) is 26.2. The van der Waals surface area contributed by atoms with Crippen molar-refractivity contribution in [2.45, 2.75) is 64.6 Å². The van der Waals surface area contributed by atoms with Crippen LogP contribution in [-0.4, -0.2) is 37.4 Å². The van der Waals surface area contributed by atoms with Gasteiger partial charge in [-0.3, -0.25) is 0 Å². The summed E-state index contributed by atoms with van der Waals surface area (Å²) in [5, 5.41) is 0. The molecule has 1 fully saturated rings. The molecule has 0 N–H and O–H groups in total. The molecule has 1 aliphatic rings. The van der Waals surface area contributed by atoms with Crippen molar-refractivity contribution in [1.29, 1.82) is 0 Å². The fourth-order valence-electron chi connectivity index (χ4n) is 5.70. The van der Waals surface area contributed by atoms with Gasteiger partial charge in [0.25, 0.3) is 0 Å². The average molecular weight is 573 g/mol. The molecule has 0 spiro atoms. The van der Waals surface area contributed by atoms with E-state index in [2.05, 4.69) is 104 Å². The van der Waals surface area contributed by atoms with Crippen LogP contribution < -0.4 is 5.46 Å². The van der Waals surface area contributed by atoms with Crippen molar-refractivity contribution in [2.24, 2.45) is 14.1 Å². The lowest BCUT2D eigenvalue weighted by atomic mass is 9.76. The number of hydrogen-bond acceptors (Lipinski definition) is 4. The van der Waals surface area contributed by atoms with E-state index in [0.717, 1.165) is 53.9 Å². The van der Waals surface area contributed by atoms with Gasteiger partial charge in [0.1, 0.15) is 11.6 Å². The van der Waals surface area contributed by atoms with Gasteiger partial charge in [-0.05, 0) is 81.1 Å². The third-order valence-corrected chi connectivity index (χ3v) is 9.07. The third kappa shape index (κ3) is 6.24. The highest BCUT2D eigenvalue weighted by molar-refractivity contribution is 6.62. The summed E-state index contributed by atoms with van der Waals surface area (Å²) in [5.41, 5.74) is 7.85. The molecule has 5 aromatic rings. The Morgan fingerprint density at radius 2 is 0.977 bits per heavy atom. The van der Waals surface area contributed by atoms with Crippen LogP contribution in [0.4, 0.5) is 0 Å². The van der Waals surface area contributed by atoms with Crippen LogP contribution in [0.3, 0.4) is 0 Å². The van der Waals surface area contributed by atoms with Gasteiger partial charge < -0.3 is 18.4 Å². The lowest BCUT2D eigenvalue weighted by molar-refractivity contribution is 0.00578. The van der Waals surface area contributed by atoms with E-state index in [-0.39, 0.29) is 18.3 Å². The van der Waals surface area contributed by atoms with E-state index in [1.165, 1.54) is 22.3 Å². The van der Waals surface area contributed by atoms with Crippen LogP contribution in [0.5, 0.6) is 0 Å². The fourth-order valence-corrected chi connectivity index (χ4v) is 5.70. The van der Waals surface area contributed by atoms with Crippen molar-refractivity contribution in [1.82, 2.24) is 19.1 Å². The standard InChI is InChI=1S/C36H41BN4O2/c1-35(2)36(3,4)43-37(42-35)32-24-28(9-7-26-11-15-30(16-12-26)33-38-19-21-40(33)5)23-29(25-32)10-8-27-13-17-31(18-14-27)34-39-20-22-41(34)6/h11-25H,7-10H2,1-6H3. The molecule has 1 saturated heterocycles. The van der Waals surface area contributed by atoms with Crippen molar-refractivity contribution in [3.8, 4) is 22.8 Å². The smallest absolute Gasteiger partial charge is 0.399 e. The third-order valence-electron chi connectivity index (χ3n) is 9.07. The predicted molar refractivity (Wildman–Crippen MR) is 174 cm³/mol. The van der Waals surface area contributed by atoms with E-state index >= 15 is 0 Å². The van der Waals surface area contributed by atoms with Gasteiger partial charge >= 0.3 is 7.12 Å². The monoisotopic (exact) mass is 572 g/mol. The Bertz CT molecular complexity index is 1580. The van der Waals surface area contributed by atoms with E-state index in [1.807, 2.05) is 48.0 Å². The highest BCUT2D eigenvalue weighted by Crippen LogP contribution is 2.36. The van der Waals surface area contributed by atoms with Crippen molar-refractivity contribution < 1.29 is 9.31 Å². The number of imidazole rings is 2. The van der Waals surface area contributed by atoms with Gasteiger partial charge in [-0.15, -0.1) is 0 Å². The Hall–Kier alpha value is -3.94. The van der Waals surface area contributed by atoms with E-state index in [9.17, 15) is 0 Å². The van der Waals surface area contributed by atoms with E-state index < -0.39 is 0 Å². The number of hydrogen-bond donors (Lipinski definition) is 0. The van der Waals surface area contributed by atoms with Gasteiger partial charge in [0.05, 0.1) is 11.2 Å². The summed E-state index contributed by atoms with van der Waals surface area (Å²) < 4.78 is 17.0. The first kappa shape index (κ1) is 29.2. The molecule has 0 aliphatic carbocycles. The maximum Gasteiger partial charge on any atom is 0.494 e. The summed E-state index contributed by atoms with van der Waals surface area (Å²) >= 11 is 0. The Morgan fingerprint density at radius 1 is 0.581 bits per heavy atom. The van der Waals surface area contributed by atoms with E-state index in [4.69, 9.17) is 9.31 Å². The minimum Gasteiger partial charge on any atom is -0.399 e. The molecule has 6 nitrogen and oxygen atoms in total. The molecule has 7 heteroatoms. The zero-order chi connectivity index (χ0) is 30.2. The van der Waals surface area contributed by atoms with Crippen LogP contribution in [0.1, 0.15) is 49.9 Å². The lowest BCUT2D eigenvalue weighted by Gasteiger charge is -2.32. The molecule has 0 radical (unpaired) electrons. The molecule has 0 saturated carbocycles. The van der Waals surface area contributed by atoms with Gasteiger partial charge in [-0.2, -0.15) is 0 Å². The van der Waals surface area contributed by atoms with Crippen LogP contribution >= 0.6 is 0 Å². The average Bonchev–Trinajstić information content (AvgIpc) is 3.67. The van der Waals surface area contributed by atoms with Crippen LogP contribution in [0.25, 0.3) is 22.8 Å². The normalized spacial score (nSPS) is 15.7. The summed E-state index contributed by atoms with van der Waals surface area (Å²) in [6.45, 7) is 8.45. The molecule has 3 heterocycles. The summed E-state index contributed by atoms with van der Waals surface area (Å²) in [4.78, 5) is 8.96. The molecule has 3 aromatic carbocycles. The van der Waals surface area contributed by atoms with Crippen LogP contribution in [0.15, 0.2) is 91.5 Å². The number of benzene rings is 3. The van der Waals surface area contributed by atoms with E-state index in [1.54, 1.807) is 0 Å².